The first-order chi connectivity index (χ1) is 14.1. The van der Waals surface area contributed by atoms with E-state index in [-0.39, 0.29) is 22.8 Å². The van der Waals surface area contributed by atoms with E-state index < -0.39 is 11.5 Å². The van der Waals surface area contributed by atoms with Crippen LogP contribution < -0.4 is 21.3 Å². The highest BCUT2D eigenvalue weighted by atomic mass is 32.1. The third kappa shape index (κ3) is 2.81. The van der Waals surface area contributed by atoms with Crippen LogP contribution in [0.3, 0.4) is 0 Å². The lowest BCUT2D eigenvalue weighted by atomic mass is 9.84. The summed E-state index contributed by atoms with van der Waals surface area (Å²) in [7, 11) is 0. The fraction of sp³-hybridized carbons (Fsp3) is 0.100. The standard InChI is InChI=1S/C20H14N6O2S/c1-2-5-25-20-12(9-22)15-17(29-20)16-14(19(27)26-15)13(10-3-6-24-7-4-10)11(8-21)18(23)28-16/h2-4,6-7,13,25H,1,5,23H2,(H,26,27). The van der Waals surface area contributed by atoms with Gasteiger partial charge in [-0.3, -0.25) is 9.78 Å². The number of H-pyrrole nitrogens is 1. The smallest absolute Gasteiger partial charge is 0.256 e. The van der Waals surface area contributed by atoms with Crippen molar-refractivity contribution in [3.05, 3.63) is 75.7 Å². The zero-order valence-electron chi connectivity index (χ0n) is 15.0. The van der Waals surface area contributed by atoms with E-state index in [1.807, 2.05) is 0 Å². The van der Waals surface area contributed by atoms with Crippen LogP contribution in [0.25, 0.3) is 10.2 Å². The molecule has 0 spiro atoms. The Morgan fingerprint density at radius 1 is 1.38 bits per heavy atom. The molecular weight excluding hydrogens is 388 g/mol. The molecule has 1 aliphatic heterocycles. The number of aromatic amines is 1. The summed E-state index contributed by atoms with van der Waals surface area (Å²) in [5.74, 6) is -0.506. The van der Waals surface area contributed by atoms with E-state index in [0.717, 1.165) is 0 Å². The second kappa shape index (κ2) is 7.15. The third-order valence-corrected chi connectivity index (χ3v) is 5.72. The molecule has 0 saturated carbocycles. The summed E-state index contributed by atoms with van der Waals surface area (Å²) in [4.78, 5) is 19.8. The Bertz CT molecular complexity index is 1310. The number of nitrogens with one attached hydrogen (secondary N) is 2. The highest BCUT2D eigenvalue weighted by Gasteiger charge is 2.35. The van der Waals surface area contributed by atoms with Crippen LogP contribution in [0.5, 0.6) is 5.75 Å². The highest BCUT2D eigenvalue weighted by Crippen LogP contribution is 2.47. The van der Waals surface area contributed by atoms with Gasteiger partial charge in [-0.1, -0.05) is 6.08 Å². The summed E-state index contributed by atoms with van der Waals surface area (Å²) in [5.41, 5.74) is 7.40. The molecule has 4 N–H and O–H groups in total. The molecule has 0 fully saturated rings. The first-order valence-electron chi connectivity index (χ1n) is 8.55. The van der Waals surface area contributed by atoms with Crippen molar-refractivity contribution in [3.63, 3.8) is 0 Å². The van der Waals surface area contributed by atoms with Gasteiger partial charge in [0.25, 0.3) is 5.56 Å². The van der Waals surface area contributed by atoms with Crippen molar-refractivity contribution in [3.8, 4) is 17.9 Å². The molecule has 3 aromatic rings. The normalized spacial score (nSPS) is 15.2. The van der Waals surface area contributed by atoms with E-state index in [0.29, 0.717) is 32.9 Å². The number of aromatic nitrogens is 2. The predicted molar refractivity (Wildman–Crippen MR) is 109 cm³/mol. The minimum Gasteiger partial charge on any atom is -0.438 e. The Balaban J connectivity index is 2.05. The number of nitriles is 2. The lowest BCUT2D eigenvalue weighted by Crippen LogP contribution is -2.27. The van der Waals surface area contributed by atoms with Crippen LogP contribution >= 0.6 is 11.3 Å². The first kappa shape index (κ1) is 18.3. The minimum absolute atomic E-state index is 0.0683. The molecule has 4 rings (SSSR count). The Kier molecular flexibility index (Phi) is 4.51. The van der Waals surface area contributed by atoms with E-state index in [1.165, 1.54) is 11.3 Å². The average molecular weight is 402 g/mol. The van der Waals surface area contributed by atoms with Crippen LogP contribution in [0.2, 0.25) is 0 Å². The van der Waals surface area contributed by atoms with E-state index in [2.05, 4.69) is 34.0 Å². The average Bonchev–Trinajstić information content (AvgIpc) is 3.09. The largest absolute Gasteiger partial charge is 0.438 e. The Morgan fingerprint density at radius 3 is 2.79 bits per heavy atom. The molecule has 0 bridgehead atoms. The fourth-order valence-corrected chi connectivity index (χ4v) is 4.45. The number of ether oxygens (including phenoxy) is 1. The first-order valence-corrected chi connectivity index (χ1v) is 9.37. The van der Waals surface area contributed by atoms with Crippen molar-refractivity contribution in [2.24, 2.45) is 5.73 Å². The number of anilines is 1. The van der Waals surface area contributed by atoms with Crippen molar-refractivity contribution >= 4 is 26.6 Å². The fourth-order valence-electron chi connectivity index (χ4n) is 3.34. The molecule has 29 heavy (non-hydrogen) atoms. The molecule has 0 saturated heterocycles. The molecule has 8 nitrogen and oxygen atoms in total. The van der Waals surface area contributed by atoms with Crippen LogP contribution in [0.15, 0.2) is 53.4 Å². The molecule has 0 aromatic carbocycles. The van der Waals surface area contributed by atoms with Crippen molar-refractivity contribution < 1.29 is 4.74 Å². The van der Waals surface area contributed by atoms with Crippen LogP contribution in [0.1, 0.15) is 22.6 Å². The molecule has 1 atom stereocenters. The number of allylic oxidation sites excluding steroid dienone is 1. The number of pyridine rings is 2. The number of hydrogen-bond donors (Lipinski definition) is 3. The quantitative estimate of drug-likeness (QED) is 0.570. The second-order valence-electron chi connectivity index (χ2n) is 6.19. The molecule has 0 amide bonds. The molecule has 1 aliphatic rings. The number of fused-ring (bicyclic) bond motifs is 3. The van der Waals surface area contributed by atoms with Gasteiger partial charge < -0.3 is 20.8 Å². The number of hydrogen-bond acceptors (Lipinski definition) is 8. The van der Waals surface area contributed by atoms with E-state index in [1.54, 1.807) is 30.6 Å². The summed E-state index contributed by atoms with van der Waals surface area (Å²) in [6.07, 6.45) is 4.83. The van der Waals surface area contributed by atoms with E-state index in [4.69, 9.17) is 10.5 Å². The molecule has 1 unspecified atom stereocenters. The maximum absolute atomic E-state index is 13.1. The van der Waals surface area contributed by atoms with Gasteiger partial charge in [-0.25, -0.2) is 0 Å². The second-order valence-corrected chi connectivity index (χ2v) is 7.21. The SMILES string of the molecule is C=CCNc1sc2c3c(c(=O)[nH]c2c1C#N)C(c1ccncc1)C(C#N)=C(N)O3. The van der Waals surface area contributed by atoms with Crippen molar-refractivity contribution in [2.45, 2.75) is 5.92 Å². The lowest BCUT2D eigenvalue weighted by molar-refractivity contribution is 0.397. The number of thiophene rings is 1. The van der Waals surface area contributed by atoms with Gasteiger partial charge >= 0.3 is 0 Å². The van der Waals surface area contributed by atoms with Gasteiger partial charge in [-0.15, -0.1) is 17.9 Å². The topological polar surface area (TPSA) is 141 Å². The summed E-state index contributed by atoms with van der Waals surface area (Å²) in [6.45, 7) is 4.11. The van der Waals surface area contributed by atoms with Gasteiger partial charge in [0.2, 0.25) is 5.88 Å². The Labute approximate surface area is 169 Å². The number of nitrogens with two attached hydrogens (primary N) is 1. The maximum Gasteiger partial charge on any atom is 0.256 e. The van der Waals surface area contributed by atoms with Gasteiger partial charge in [-0.05, 0) is 17.7 Å². The minimum atomic E-state index is -0.697. The van der Waals surface area contributed by atoms with Gasteiger partial charge in [-0.2, -0.15) is 10.5 Å². The van der Waals surface area contributed by atoms with Crippen molar-refractivity contribution in [2.75, 3.05) is 11.9 Å². The maximum atomic E-state index is 13.1. The van der Waals surface area contributed by atoms with Gasteiger partial charge in [0.05, 0.1) is 21.7 Å². The molecule has 3 aromatic heterocycles. The molecule has 0 aliphatic carbocycles. The Hall–Kier alpha value is -4.08. The molecule has 4 heterocycles. The summed E-state index contributed by atoms with van der Waals surface area (Å²) < 4.78 is 6.32. The molecule has 0 radical (unpaired) electrons. The Morgan fingerprint density at radius 2 is 2.14 bits per heavy atom. The van der Waals surface area contributed by atoms with E-state index in [9.17, 15) is 15.3 Å². The van der Waals surface area contributed by atoms with Gasteiger partial charge in [0.15, 0.2) is 5.75 Å². The molecule has 142 valence electrons. The summed E-state index contributed by atoms with van der Waals surface area (Å²) in [5, 5.41) is 22.9. The predicted octanol–water partition coefficient (Wildman–Crippen LogP) is 2.67. The van der Waals surface area contributed by atoms with Crippen molar-refractivity contribution in [1.29, 1.82) is 10.5 Å². The summed E-state index contributed by atoms with van der Waals surface area (Å²) >= 11 is 1.27. The van der Waals surface area contributed by atoms with Gasteiger partial charge in [0.1, 0.15) is 28.3 Å². The van der Waals surface area contributed by atoms with Crippen LogP contribution in [-0.2, 0) is 0 Å². The van der Waals surface area contributed by atoms with Crippen molar-refractivity contribution in [1.82, 2.24) is 9.97 Å². The van der Waals surface area contributed by atoms with E-state index >= 15 is 0 Å². The molecule has 9 heteroatoms. The van der Waals surface area contributed by atoms with Gasteiger partial charge in [0, 0.05) is 18.9 Å². The van der Waals surface area contributed by atoms with Crippen LogP contribution in [0, 0.1) is 22.7 Å². The number of rotatable bonds is 4. The number of nitrogens with zero attached hydrogens (tertiary/aromatic N) is 3. The summed E-state index contributed by atoms with van der Waals surface area (Å²) in [6, 6.07) is 7.62. The van der Waals surface area contributed by atoms with Crippen LogP contribution in [0.4, 0.5) is 5.00 Å². The zero-order valence-corrected chi connectivity index (χ0v) is 15.8. The lowest BCUT2D eigenvalue weighted by Gasteiger charge is -2.25. The third-order valence-electron chi connectivity index (χ3n) is 4.58. The zero-order chi connectivity index (χ0) is 20.5. The van der Waals surface area contributed by atoms with Crippen LogP contribution in [-0.4, -0.2) is 16.5 Å². The molecular formula is C20H14N6O2S. The highest BCUT2D eigenvalue weighted by molar-refractivity contribution is 7.23. The monoisotopic (exact) mass is 402 g/mol.